The van der Waals surface area contributed by atoms with E-state index in [2.05, 4.69) is 0 Å². The molecule has 1 saturated heterocycles. The molecule has 0 aromatic heterocycles. The van der Waals surface area contributed by atoms with Gasteiger partial charge < -0.3 is 24.7 Å². The Hall–Kier alpha value is -0.200. The van der Waals surface area contributed by atoms with Crippen LogP contribution < -0.4 is 5.73 Å². The molecule has 1 heterocycles. The Morgan fingerprint density at radius 3 is 2.21 bits per heavy atom. The van der Waals surface area contributed by atoms with Crippen LogP contribution in [0.4, 0.5) is 0 Å². The lowest BCUT2D eigenvalue weighted by Gasteiger charge is -2.50. The Labute approximate surface area is 116 Å². The first-order valence-electron chi connectivity index (χ1n) is 7.46. The molecule has 2 N–H and O–H groups in total. The Morgan fingerprint density at radius 2 is 1.68 bits per heavy atom. The molecule has 1 aliphatic heterocycles. The number of hydrogen-bond acceptors (Lipinski definition) is 5. The van der Waals surface area contributed by atoms with Gasteiger partial charge in [-0.2, -0.15) is 0 Å². The zero-order chi connectivity index (χ0) is 14.2. The van der Waals surface area contributed by atoms with Gasteiger partial charge in [0.25, 0.3) is 0 Å². The van der Waals surface area contributed by atoms with Gasteiger partial charge in [0.05, 0.1) is 6.61 Å². The van der Waals surface area contributed by atoms with Crippen LogP contribution in [0, 0.1) is 0 Å². The monoisotopic (exact) mass is 275 g/mol. The highest BCUT2D eigenvalue weighted by Crippen LogP contribution is 2.43. The average molecular weight is 275 g/mol. The molecule has 5 nitrogen and oxygen atoms in total. The summed E-state index contributed by atoms with van der Waals surface area (Å²) in [5.41, 5.74) is 5.11. The minimum atomic E-state index is -1.08. The van der Waals surface area contributed by atoms with Crippen molar-refractivity contribution in [3.63, 3.8) is 0 Å². The lowest BCUT2D eigenvalue weighted by molar-refractivity contribution is -0.459. The third kappa shape index (κ3) is 3.67. The van der Waals surface area contributed by atoms with Gasteiger partial charge in [0, 0.05) is 19.8 Å². The largest absolute Gasteiger partial charge is 0.367 e. The molecule has 0 aliphatic carbocycles. The van der Waals surface area contributed by atoms with Crippen LogP contribution in [0.25, 0.3) is 0 Å². The predicted octanol–water partition coefficient (Wildman–Crippen LogP) is 2.04. The van der Waals surface area contributed by atoms with Crippen molar-refractivity contribution >= 4 is 0 Å². The summed E-state index contributed by atoms with van der Waals surface area (Å²) in [6, 6.07) is 0. The summed E-state index contributed by atoms with van der Waals surface area (Å²) in [5, 5.41) is 0. The van der Waals surface area contributed by atoms with Crippen molar-refractivity contribution < 1.29 is 18.9 Å². The van der Waals surface area contributed by atoms with Crippen molar-refractivity contribution in [2.45, 2.75) is 58.0 Å². The summed E-state index contributed by atoms with van der Waals surface area (Å²) < 4.78 is 23.7. The molecule has 114 valence electrons. The van der Waals surface area contributed by atoms with Crippen molar-refractivity contribution in [2.24, 2.45) is 5.73 Å². The van der Waals surface area contributed by atoms with E-state index in [1.165, 1.54) is 0 Å². The predicted molar refractivity (Wildman–Crippen MR) is 73.8 cm³/mol. The van der Waals surface area contributed by atoms with Gasteiger partial charge in [-0.05, 0) is 53.0 Å². The fourth-order valence-corrected chi connectivity index (χ4v) is 2.79. The van der Waals surface area contributed by atoms with E-state index in [9.17, 15) is 0 Å². The minimum absolute atomic E-state index is 0.525. The molecule has 0 spiro atoms. The van der Waals surface area contributed by atoms with Gasteiger partial charge in [-0.3, -0.25) is 0 Å². The van der Waals surface area contributed by atoms with E-state index >= 15 is 0 Å². The molecule has 0 bridgehead atoms. The maximum atomic E-state index is 6.06. The number of ether oxygens (including phenoxy) is 4. The first kappa shape index (κ1) is 16.9. The molecule has 0 aromatic rings. The van der Waals surface area contributed by atoms with E-state index in [0.29, 0.717) is 33.0 Å². The Morgan fingerprint density at radius 1 is 1.05 bits per heavy atom. The van der Waals surface area contributed by atoms with E-state index in [0.717, 1.165) is 25.7 Å². The van der Waals surface area contributed by atoms with Crippen LogP contribution in [0.5, 0.6) is 0 Å². The van der Waals surface area contributed by atoms with Gasteiger partial charge in [-0.25, -0.2) is 0 Å². The lowest BCUT2D eigenvalue weighted by Crippen LogP contribution is -2.63. The third-order valence-corrected chi connectivity index (χ3v) is 3.45. The normalized spacial score (nSPS) is 26.5. The molecule has 5 heteroatoms. The van der Waals surface area contributed by atoms with Crippen LogP contribution >= 0.6 is 0 Å². The Bertz CT molecular complexity index is 234. The van der Waals surface area contributed by atoms with Crippen LogP contribution in [-0.2, 0) is 18.9 Å². The maximum Gasteiger partial charge on any atom is 0.313 e. The molecular formula is C14H29NO4. The molecule has 0 radical (unpaired) electrons. The van der Waals surface area contributed by atoms with Crippen molar-refractivity contribution in [1.29, 1.82) is 0 Å². The molecular weight excluding hydrogens is 246 g/mol. The molecule has 19 heavy (non-hydrogen) atoms. The first-order valence-corrected chi connectivity index (χ1v) is 7.46. The van der Waals surface area contributed by atoms with Gasteiger partial charge in [0.2, 0.25) is 0 Å². The highest BCUT2D eigenvalue weighted by molar-refractivity contribution is 4.94. The van der Waals surface area contributed by atoms with E-state index in [1.54, 1.807) is 0 Å². The first-order chi connectivity index (χ1) is 9.20. The van der Waals surface area contributed by atoms with Gasteiger partial charge in [-0.15, -0.1) is 0 Å². The van der Waals surface area contributed by atoms with Gasteiger partial charge >= 0.3 is 5.97 Å². The molecule has 0 aromatic carbocycles. The van der Waals surface area contributed by atoms with E-state index in [1.807, 2.05) is 20.8 Å². The van der Waals surface area contributed by atoms with Crippen molar-refractivity contribution in [2.75, 3.05) is 33.0 Å². The van der Waals surface area contributed by atoms with Crippen LogP contribution in [0.15, 0.2) is 0 Å². The molecule has 0 amide bonds. The number of rotatable bonds is 9. The van der Waals surface area contributed by atoms with E-state index < -0.39 is 11.6 Å². The third-order valence-electron chi connectivity index (χ3n) is 3.45. The second-order valence-electron chi connectivity index (χ2n) is 4.69. The van der Waals surface area contributed by atoms with Gasteiger partial charge in [0.1, 0.15) is 5.60 Å². The van der Waals surface area contributed by atoms with E-state index in [-0.39, 0.29) is 0 Å². The second kappa shape index (κ2) is 8.17. The van der Waals surface area contributed by atoms with Crippen LogP contribution in [0.1, 0.15) is 46.5 Å². The fourth-order valence-electron chi connectivity index (χ4n) is 2.79. The molecule has 1 rings (SSSR count). The van der Waals surface area contributed by atoms with Gasteiger partial charge in [-0.1, -0.05) is 0 Å². The quantitative estimate of drug-likeness (QED) is 0.652. The lowest BCUT2D eigenvalue weighted by atomic mass is 9.86. The summed E-state index contributed by atoms with van der Waals surface area (Å²) >= 11 is 0. The molecule has 0 unspecified atom stereocenters. The summed E-state index contributed by atoms with van der Waals surface area (Å²) in [6.07, 6.45) is 3.48. The summed E-state index contributed by atoms with van der Waals surface area (Å²) in [5.74, 6) is -1.08. The van der Waals surface area contributed by atoms with Crippen molar-refractivity contribution in [3.8, 4) is 0 Å². The second-order valence-corrected chi connectivity index (χ2v) is 4.69. The van der Waals surface area contributed by atoms with Crippen LogP contribution in [0.2, 0.25) is 0 Å². The maximum absolute atomic E-state index is 6.06. The molecule has 0 saturated carbocycles. The molecule has 1 aliphatic rings. The summed E-state index contributed by atoms with van der Waals surface area (Å²) in [4.78, 5) is 0. The summed E-state index contributed by atoms with van der Waals surface area (Å²) in [6.45, 7) is 8.80. The summed E-state index contributed by atoms with van der Waals surface area (Å²) in [7, 11) is 0. The zero-order valence-corrected chi connectivity index (χ0v) is 12.6. The average Bonchev–Trinajstić information content (AvgIpc) is 2.40. The Balaban J connectivity index is 3.01. The van der Waals surface area contributed by atoms with Crippen molar-refractivity contribution in [3.05, 3.63) is 0 Å². The molecule has 1 atom stereocenters. The van der Waals surface area contributed by atoms with Crippen molar-refractivity contribution in [1.82, 2.24) is 0 Å². The topological polar surface area (TPSA) is 62.9 Å². The van der Waals surface area contributed by atoms with Gasteiger partial charge in [0.15, 0.2) is 0 Å². The van der Waals surface area contributed by atoms with E-state index in [4.69, 9.17) is 24.7 Å². The standard InChI is InChI=1S/C14H29NO4/c1-4-16-13(9-7-11-15)10-8-12-19-14(13,17-5-2)18-6-3/h4-12,15H2,1-3H3/t13-/m1/s1. The SMILES string of the molecule is CCOC1(OCC)OCCC[C@@]1(CCCN)OCC. The smallest absolute Gasteiger partial charge is 0.313 e. The highest BCUT2D eigenvalue weighted by Gasteiger charge is 2.57. The number of nitrogens with two attached hydrogens (primary N) is 1. The minimum Gasteiger partial charge on any atom is -0.367 e. The molecule has 1 fully saturated rings. The fraction of sp³-hybridized carbons (Fsp3) is 1.00. The van der Waals surface area contributed by atoms with Crippen LogP contribution in [-0.4, -0.2) is 44.5 Å². The zero-order valence-electron chi connectivity index (χ0n) is 12.6. The van der Waals surface area contributed by atoms with Crippen LogP contribution in [0.3, 0.4) is 0 Å². The number of hydrogen-bond donors (Lipinski definition) is 1. The highest BCUT2D eigenvalue weighted by atomic mass is 16.9. The Kier molecular flexibility index (Phi) is 7.25.